The van der Waals surface area contributed by atoms with E-state index in [1.807, 2.05) is 0 Å². The first-order chi connectivity index (χ1) is 9.19. The van der Waals surface area contributed by atoms with Crippen LogP contribution in [0.4, 0.5) is 0 Å². The standard InChI is InChI=1S/C11H21N3O5/c1-17-5-4-14(3-2-10(12)13-16)11(15)9-8-18-6-7-19-9/h9,16H,2-8H2,1H3,(H2,12,13). The third-order valence-corrected chi connectivity index (χ3v) is 2.73. The second-order valence-corrected chi connectivity index (χ2v) is 4.09. The van der Waals surface area contributed by atoms with Crippen LogP contribution in [0, 0.1) is 0 Å². The molecule has 1 fully saturated rings. The molecule has 0 saturated carbocycles. The molecule has 110 valence electrons. The zero-order valence-electron chi connectivity index (χ0n) is 11.1. The minimum atomic E-state index is -0.585. The predicted octanol–water partition coefficient (Wildman–Crippen LogP) is -0.987. The number of carbonyl (C=O) groups excluding carboxylic acids is 1. The molecular weight excluding hydrogens is 254 g/mol. The molecular formula is C11H21N3O5. The third-order valence-electron chi connectivity index (χ3n) is 2.73. The molecule has 1 aliphatic rings. The Labute approximate surface area is 112 Å². The lowest BCUT2D eigenvalue weighted by atomic mass is 10.2. The van der Waals surface area contributed by atoms with Crippen molar-refractivity contribution < 1.29 is 24.2 Å². The van der Waals surface area contributed by atoms with Crippen LogP contribution in [0.25, 0.3) is 0 Å². The molecule has 3 N–H and O–H groups in total. The van der Waals surface area contributed by atoms with Gasteiger partial charge in [-0.3, -0.25) is 4.79 Å². The Hall–Kier alpha value is -1.38. The molecule has 0 bridgehead atoms. The van der Waals surface area contributed by atoms with E-state index < -0.39 is 6.10 Å². The average Bonchev–Trinajstić information content (AvgIpc) is 2.47. The second kappa shape index (κ2) is 8.68. The number of hydrogen-bond donors (Lipinski definition) is 2. The van der Waals surface area contributed by atoms with E-state index >= 15 is 0 Å². The van der Waals surface area contributed by atoms with Crippen LogP contribution in [-0.2, 0) is 19.0 Å². The number of methoxy groups -OCH3 is 1. The van der Waals surface area contributed by atoms with Crippen molar-refractivity contribution in [3.05, 3.63) is 0 Å². The number of nitrogens with two attached hydrogens (primary N) is 1. The minimum Gasteiger partial charge on any atom is -0.409 e. The van der Waals surface area contributed by atoms with Crippen LogP contribution in [-0.4, -0.2) is 74.6 Å². The monoisotopic (exact) mass is 275 g/mol. The van der Waals surface area contributed by atoms with Gasteiger partial charge in [-0.1, -0.05) is 5.16 Å². The summed E-state index contributed by atoms with van der Waals surface area (Å²) < 4.78 is 15.5. The van der Waals surface area contributed by atoms with Crippen LogP contribution in [0.3, 0.4) is 0 Å². The maximum atomic E-state index is 12.2. The molecule has 0 aromatic rings. The Morgan fingerprint density at radius 1 is 1.53 bits per heavy atom. The number of carbonyl (C=O) groups is 1. The fourth-order valence-electron chi connectivity index (χ4n) is 1.67. The number of ether oxygens (including phenoxy) is 3. The number of amides is 1. The van der Waals surface area contributed by atoms with E-state index in [0.29, 0.717) is 39.3 Å². The third kappa shape index (κ3) is 5.41. The van der Waals surface area contributed by atoms with Crippen molar-refractivity contribution in [3.63, 3.8) is 0 Å². The van der Waals surface area contributed by atoms with Gasteiger partial charge in [0.25, 0.3) is 5.91 Å². The highest BCUT2D eigenvalue weighted by Gasteiger charge is 2.27. The lowest BCUT2D eigenvalue weighted by Crippen LogP contribution is -2.47. The Morgan fingerprint density at radius 2 is 2.32 bits per heavy atom. The molecule has 8 nitrogen and oxygen atoms in total. The van der Waals surface area contributed by atoms with Gasteiger partial charge in [0.1, 0.15) is 5.84 Å². The van der Waals surface area contributed by atoms with Crippen LogP contribution >= 0.6 is 0 Å². The van der Waals surface area contributed by atoms with Crippen LogP contribution in [0.2, 0.25) is 0 Å². The number of hydrogen-bond acceptors (Lipinski definition) is 6. The predicted molar refractivity (Wildman–Crippen MR) is 67.0 cm³/mol. The van der Waals surface area contributed by atoms with Crippen molar-refractivity contribution in [2.45, 2.75) is 12.5 Å². The van der Waals surface area contributed by atoms with Gasteiger partial charge in [0.15, 0.2) is 6.10 Å². The quantitative estimate of drug-likeness (QED) is 0.267. The molecule has 8 heteroatoms. The highest BCUT2D eigenvalue weighted by atomic mass is 16.6. The summed E-state index contributed by atoms with van der Waals surface area (Å²) in [5.74, 6) is -0.0847. The molecule has 19 heavy (non-hydrogen) atoms. The summed E-state index contributed by atoms with van der Waals surface area (Å²) in [7, 11) is 1.56. The molecule has 1 atom stereocenters. The van der Waals surface area contributed by atoms with E-state index in [4.69, 9.17) is 25.2 Å². The SMILES string of the molecule is COCCN(CCC(N)=NO)C(=O)C1COCCO1. The van der Waals surface area contributed by atoms with Crippen molar-refractivity contribution in [2.24, 2.45) is 10.9 Å². The van der Waals surface area contributed by atoms with Crippen molar-refractivity contribution in [2.75, 3.05) is 46.6 Å². The minimum absolute atomic E-state index is 0.0797. The number of oxime groups is 1. The van der Waals surface area contributed by atoms with Gasteiger partial charge in [-0.2, -0.15) is 0 Å². The Balaban J connectivity index is 2.52. The first kappa shape index (κ1) is 15.7. The van der Waals surface area contributed by atoms with E-state index in [1.54, 1.807) is 12.0 Å². The van der Waals surface area contributed by atoms with Gasteiger partial charge in [-0.15, -0.1) is 0 Å². The Kier molecular flexibility index (Phi) is 7.16. The van der Waals surface area contributed by atoms with Gasteiger partial charge in [-0.25, -0.2) is 0 Å². The fourth-order valence-corrected chi connectivity index (χ4v) is 1.67. The van der Waals surface area contributed by atoms with Crippen LogP contribution in [0.5, 0.6) is 0 Å². The Morgan fingerprint density at radius 3 is 2.89 bits per heavy atom. The zero-order chi connectivity index (χ0) is 14.1. The topological polar surface area (TPSA) is 107 Å². The van der Waals surface area contributed by atoms with E-state index in [9.17, 15) is 4.79 Å². The van der Waals surface area contributed by atoms with Gasteiger partial charge < -0.3 is 30.1 Å². The molecule has 1 unspecified atom stereocenters. The number of nitrogens with zero attached hydrogens (tertiary/aromatic N) is 2. The molecule has 1 aliphatic heterocycles. The van der Waals surface area contributed by atoms with Crippen LogP contribution < -0.4 is 5.73 Å². The first-order valence-corrected chi connectivity index (χ1v) is 6.12. The molecule has 0 aliphatic carbocycles. The summed E-state index contributed by atoms with van der Waals surface area (Å²) in [5.41, 5.74) is 5.40. The highest BCUT2D eigenvalue weighted by Crippen LogP contribution is 2.06. The summed E-state index contributed by atoms with van der Waals surface area (Å²) >= 11 is 0. The number of rotatable bonds is 7. The first-order valence-electron chi connectivity index (χ1n) is 6.12. The summed E-state index contributed by atoms with van der Waals surface area (Å²) in [6.45, 7) is 2.36. The van der Waals surface area contributed by atoms with Gasteiger partial charge in [0, 0.05) is 26.6 Å². The molecule has 1 saturated heterocycles. The van der Waals surface area contributed by atoms with Gasteiger partial charge in [0.2, 0.25) is 0 Å². The maximum absolute atomic E-state index is 12.2. The average molecular weight is 275 g/mol. The number of amidine groups is 1. The van der Waals surface area contributed by atoms with Gasteiger partial charge in [-0.05, 0) is 0 Å². The summed E-state index contributed by atoms with van der Waals surface area (Å²) in [6, 6.07) is 0. The van der Waals surface area contributed by atoms with Gasteiger partial charge in [0.05, 0.1) is 26.4 Å². The normalized spacial score (nSPS) is 20.3. The van der Waals surface area contributed by atoms with Crippen LogP contribution in [0.1, 0.15) is 6.42 Å². The highest BCUT2D eigenvalue weighted by molar-refractivity contribution is 5.83. The second-order valence-electron chi connectivity index (χ2n) is 4.09. The van der Waals surface area contributed by atoms with Crippen molar-refractivity contribution >= 4 is 11.7 Å². The van der Waals surface area contributed by atoms with Crippen molar-refractivity contribution in [1.82, 2.24) is 4.90 Å². The van der Waals surface area contributed by atoms with E-state index in [2.05, 4.69) is 5.16 Å². The lowest BCUT2D eigenvalue weighted by molar-refractivity contribution is -0.158. The van der Waals surface area contributed by atoms with E-state index in [-0.39, 0.29) is 18.3 Å². The maximum Gasteiger partial charge on any atom is 0.254 e. The zero-order valence-corrected chi connectivity index (χ0v) is 11.1. The Bertz CT molecular complexity index is 305. The molecule has 1 heterocycles. The largest absolute Gasteiger partial charge is 0.409 e. The molecule has 1 amide bonds. The van der Waals surface area contributed by atoms with E-state index in [0.717, 1.165) is 0 Å². The van der Waals surface area contributed by atoms with E-state index in [1.165, 1.54) is 0 Å². The molecule has 0 radical (unpaired) electrons. The molecule has 0 aromatic heterocycles. The van der Waals surface area contributed by atoms with Crippen molar-refractivity contribution in [1.29, 1.82) is 0 Å². The molecule has 0 aromatic carbocycles. The smallest absolute Gasteiger partial charge is 0.254 e. The van der Waals surface area contributed by atoms with Crippen LogP contribution in [0.15, 0.2) is 5.16 Å². The summed E-state index contributed by atoms with van der Waals surface area (Å²) in [4.78, 5) is 13.8. The molecule has 0 spiro atoms. The fraction of sp³-hybridized carbons (Fsp3) is 0.818. The van der Waals surface area contributed by atoms with Crippen molar-refractivity contribution in [3.8, 4) is 0 Å². The lowest BCUT2D eigenvalue weighted by Gasteiger charge is -2.29. The summed E-state index contributed by atoms with van der Waals surface area (Å²) in [5, 5.41) is 11.4. The van der Waals surface area contributed by atoms with Gasteiger partial charge >= 0.3 is 0 Å². The summed E-state index contributed by atoms with van der Waals surface area (Å²) in [6.07, 6.45) is -0.294. The molecule has 1 rings (SSSR count).